The van der Waals surface area contributed by atoms with E-state index in [1.807, 2.05) is 12.3 Å². The average molecular weight is 417 g/mol. The van der Waals surface area contributed by atoms with Crippen LogP contribution in [0.2, 0.25) is 5.02 Å². The zero-order valence-electron chi connectivity index (χ0n) is 15.0. The number of benzene rings is 2. The number of carbonyl (C=O) groups is 2. The monoisotopic (exact) mass is 416 g/mol. The van der Waals surface area contributed by atoms with Crippen LogP contribution in [-0.4, -0.2) is 23.5 Å². The molecule has 144 valence electrons. The zero-order chi connectivity index (χ0) is 19.9. The van der Waals surface area contributed by atoms with Crippen LogP contribution in [0, 0.1) is 6.92 Å². The molecule has 0 atom stereocenters. The molecule has 0 aliphatic rings. The molecular formula is C20H17ClN2O4S. The van der Waals surface area contributed by atoms with E-state index in [0.717, 1.165) is 10.7 Å². The van der Waals surface area contributed by atoms with Crippen molar-refractivity contribution in [3.63, 3.8) is 0 Å². The summed E-state index contributed by atoms with van der Waals surface area (Å²) in [7, 11) is 0. The highest BCUT2D eigenvalue weighted by atomic mass is 35.5. The summed E-state index contributed by atoms with van der Waals surface area (Å²) in [5, 5.41) is 6.03. The summed E-state index contributed by atoms with van der Waals surface area (Å²) in [5.41, 5.74) is 1.72. The van der Waals surface area contributed by atoms with Gasteiger partial charge in [-0.3, -0.25) is 4.79 Å². The molecule has 1 amide bonds. The number of amides is 1. The summed E-state index contributed by atoms with van der Waals surface area (Å²) in [6.45, 7) is 1.90. The number of nitrogens with zero attached hydrogens (tertiary/aromatic N) is 1. The molecule has 8 heteroatoms. The number of ether oxygens (including phenoxy) is 2. The molecule has 1 heterocycles. The molecule has 0 bridgehead atoms. The van der Waals surface area contributed by atoms with Crippen molar-refractivity contribution < 1.29 is 19.1 Å². The maximum atomic E-state index is 12.1. The molecule has 6 nitrogen and oxygen atoms in total. The van der Waals surface area contributed by atoms with E-state index < -0.39 is 18.5 Å². The van der Waals surface area contributed by atoms with Gasteiger partial charge >= 0.3 is 5.97 Å². The van der Waals surface area contributed by atoms with Crippen molar-refractivity contribution in [1.29, 1.82) is 0 Å². The average Bonchev–Trinajstić information content (AvgIpc) is 3.10. The molecule has 1 aromatic heterocycles. The van der Waals surface area contributed by atoms with E-state index in [9.17, 15) is 9.59 Å². The second-order valence-electron chi connectivity index (χ2n) is 5.81. The predicted octanol–water partition coefficient (Wildman–Crippen LogP) is 4.48. The third-order valence-electron chi connectivity index (χ3n) is 3.59. The topological polar surface area (TPSA) is 77.5 Å². The van der Waals surface area contributed by atoms with Gasteiger partial charge in [0.25, 0.3) is 5.91 Å². The molecule has 0 aliphatic carbocycles. The van der Waals surface area contributed by atoms with E-state index in [-0.39, 0.29) is 0 Å². The van der Waals surface area contributed by atoms with Gasteiger partial charge in [-0.15, -0.1) is 11.3 Å². The van der Waals surface area contributed by atoms with Crippen molar-refractivity contribution in [2.45, 2.75) is 13.5 Å². The molecule has 28 heavy (non-hydrogen) atoms. The molecule has 3 rings (SSSR count). The number of anilines is 1. The number of carbonyl (C=O) groups excluding carboxylic acids is 2. The van der Waals surface area contributed by atoms with Gasteiger partial charge in [0.15, 0.2) is 6.61 Å². The number of aromatic nitrogens is 1. The van der Waals surface area contributed by atoms with Crippen LogP contribution in [0.15, 0.2) is 53.9 Å². The first-order valence-corrected chi connectivity index (χ1v) is 9.62. The Bertz CT molecular complexity index is 972. The van der Waals surface area contributed by atoms with Crippen molar-refractivity contribution in [1.82, 2.24) is 4.98 Å². The molecule has 0 aliphatic heterocycles. The smallest absolute Gasteiger partial charge is 0.338 e. The standard InChI is InChI=1S/C20H17ClN2O4S/c1-13-22-17(12-28-13)10-26-18-7-5-14(6-8-18)20(25)27-11-19(24)23-16-4-2-3-15(21)9-16/h2-9,12H,10-11H2,1H3,(H,23,24). The van der Waals surface area contributed by atoms with E-state index in [0.29, 0.717) is 28.6 Å². The summed E-state index contributed by atoms with van der Waals surface area (Å²) < 4.78 is 10.7. The number of hydrogen-bond acceptors (Lipinski definition) is 6. The third-order valence-corrected chi connectivity index (χ3v) is 4.64. The van der Waals surface area contributed by atoms with Crippen LogP contribution in [0.25, 0.3) is 0 Å². The number of nitrogens with one attached hydrogen (secondary N) is 1. The highest BCUT2D eigenvalue weighted by Crippen LogP contribution is 2.17. The van der Waals surface area contributed by atoms with Crippen LogP contribution in [0.5, 0.6) is 5.75 Å². The van der Waals surface area contributed by atoms with E-state index >= 15 is 0 Å². The molecule has 0 fully saturated rings. The molecule has 0 saturated carbocycles. The summed E-state index contributed by atoms with van der Waals surface area (Å²) in [6.07, 6.45) is 0. The molecular weight excluding hydrogens is 400 g/mol. The Morgan fingerprint density at radius 3 is 2.64 bits per heavy atom. The Hall–Kier alpha value is -2.90. The van der Waals surface area contributed by atoms with Crippen LogP contribution in [-0.2, 0) is 16.1 Å². The van der Waals surface area contributed by atoms with E-state index in [2.05, 4.69) is 10.3 Å². The Kier molecular flexibility index (Phi) is 6.62. The number of esters is 1. The minimum absolute atomic E-state index is 0.326. The Balaban J connectivity index is 1.46. The largest absolute Gasteiger partial charge is 0.487 e. The third kappa shape index (κ3) is 5.80. The van der Waals surface area contributed by atoms with Crippen LogP contribution in [0.4, 0.5) is 5.69 Å². The number of halogens is 1. The van der Waals surface area contributed by atoms with Crippen molar-refractivity contribution in [2.24, 2.45) is 0 Å². The molecule has 0 spiro atoms. The van der Waals surface area contributed by atoms with E-state index in [4.69, 9.17) is 21.1 Å². The lowest BCUT2D eigenvalue weighted by atomic mass is 10.2. The first-order chi connectivity index (χ1) is 13.5. The van der Waals surface area contributed by atoms with Crippen LogP contribution in [0.1, 0.15) is 21.1 Å². The number of thiazole rings is 1. The molecule has 1 N–H and O–H groups in total. The lowest BCUT2D eigenvalue weighted by Crippen LogP contribution is -2.20. The second-order valence-corrected chi connectivity index (χ2v) is 7.30. The molecule has 2 aromatic carbocycles. The summed E-state index contributed by atoms with van der Waals surface area (Å²) in [5.74, 6) is -0.432. The Morgan fingerprint density at radius 2 is 1.96 bits per heavy atom. The van der Waals surface area contributed by atoms with Gasteiger partial charge in [0.05, 0.1) is 16.3 Å². The van der Waals surface area contributed by atoms with Gasteiger partial charge in [-0.1, -0.05) is 17.7 Å². The lowest BCUT2D eigenvalue weighted by molar-refractivity contribution is -0.119. The summed E-state index contributed by atoms with van der Waals surface area (Å²) >= 11 is 7.42. The van der Waals surface area contributed by atoms with Gasteiger partial charge in [-0.2, -0.15) is 0 Å². The fourth-order valence-corrected chi connectivity index (χ4v) is 3.08. The van der Waals surface area contributed by atoms with Crippen LogP contribution in [0.3, 0.4) is 0 Å². The van der Waals surface area contributed by atoms with Gasteiger partial charge in [-0.25, -0.2) is 9.78 Å². The van der Waals surface area contributed by atoms with Crippen LogP contribution >= 0.6 is 22.9 Å². The van der Waals surface area contributed by atoms with Crippen molar-refractivity contribution in [3.8, 4) is 5.75 Å². The quantitative estimate of drug-likeness (QED) is 0.574. The lowest BCUT2D eigenvalue weighted by Gasteiger charge is -2.08. The maximum absolute atomic E-state index is 12.1. The van der Waals surface area contributed by atoms with Crippen LogP contribution < -0.4 is 10.1 Å². The summed E-state index contributed by atoms with van der Waals surface area (Å²) in [6, 6.07) is 13.2. The first kappa shape index (κ1) is 19.9. The first-order valence-electron chi connectivity index (χ1n) is 8.36. The van der Waals surface area contributed by atoms with Gasteiger partial charge < -0.3 is 14.8 Å². The Labute approximate surface area is 171 Å². The van der Waals surface area contributed by atoms with Crippen molar-refractivity contribution in [3.05, 3.63) is 75.2 Å². The highest BCUT2D eigenvalue weighted by molar-refractivity contribution is 7.09. The minimum atomic E-state index is -0.595. The maximum Gasteiger partial charge on any atom is 0.338 e. The number of hydrogen-bond donors (Lipinski definition) is 1. The van der Waals surface area contributed by atoms with E-state index in [1.54, 1.807) is 59.9 Å². The zero-order valence-corrected chi connectivity index (χ0v) is 16.5. The second kappa shape index (κ2) is 9.34. The summed E-state index contributed by atoms with van der Waals surface area (Å²) in [4.78, 5) is 28.3. The van der Waals surface area contributed by atoms with Gasteiger partial charge in [0.1, 0.15) is 12.4 Å². The molecule has 0 unspecified atom stereocenters. The molecule has 0 radical (unpaired) electrons. The predicted molar refractivity (Wildman–Crippen MR) is 108 cm³/mol. The Morgan fingerprint density at radius 1 is 1.18 bits per heavy atom. The SMILES string of the molecule is Cc1nc(COc2ccc(C(=O)OCC(=O)Nc3cccc(Cl)c3)cc2)cs1. The molecule has 0 saturated heterocycles. The van der Waals surface area contributed by atoms with Gasteiger partial charge in [-0.05, 0) is 49.4 Å². The van der Waals surface area contributed by atoms with Crippen molar-refractivity contribution >= 4 is 40.5 Å². The fraction of sp³-hybridized carbons (Fsp3) is 0.150. The minimum Gasteiger partial charge on any atom is -0.487 e. The number of rotatable bonds is 7. The highest BCUT2D eigenvalue weighted by Gasteiger charge is 2.11. The fourth-order valence-electron chi connectivity index (χ4n) is 2.30. The van der Waals surface area contributed by atoms with Crippen molar-refractivity contribution in [2.75, 3.05) is 11.9 Å². The van der Waals surface area contributed by atoms with E-state index in [1.165, 1.54) is 0 Å². The molecule has 3 aromatic rings. The number of aryl methyl sites for hydroxylation is 1. The van der Waals surface area contributed by atoms with Gasteiger partial charge in [0, 0.05) is 16.1 Å². The van der Waals surface area contributed by atoms with Gasteiger partial charge in [0.2, 0.25) is 0 Å². The normalized spacial score (nSPS) is 10.4.